The van der Waals surface area contributed by atoms with Crippen molar-refractivity contribution in [3.05, 3.63) is 137 Å². The zero-order chi connectivity index (χ0) is 35.9. The van der Waals surface area contributed by atoms with Crippen molar-refractivity contribution in [1.29, 1.82) is 0 Å². The van der Waals surface area contributed by atoms with E-state index in [9.17, 15) is 18.4 Å². The van der Waals surface area contributed by atoms with Crippen LogP contribution >= 0.6 is 0 Å². The minimum atomic E-state index is -1.20. The molecule has 1 aliphatic rings. The van der Waals surface area contributed by atoms with Crippen molar-refractivity contribution in [3.63, 3.8) is 0 Å². The second-order valence-corrected chi connectivity index (χ2v) is 12.4. The van der Waals surface area contributed by atoms with Gasteiger partial charge in [0, 0.05) is 36.7 Å². The highest BCUT2D eigenvalue weighted by Crippen LogP contribution is 2.30. The number of hydrogen-bond donors (Lipinski definition) is 3. The molecule has 2 aromatic heterocycles. The van der Waals surface area contributed by atoms with E-state index in [-0.39, 0.29) is 36.9 Å². The topological polar surface area (TPSA) is 132 Å². The number of nitrogens with two attached hydrogens (primary N) is 1. The molecule has 1 saturated heterocycles. The van der Waals surface area contributed by atoms with Crippen molar-refractivity contribution in [1.82, 2.24) is 20.2 Å². The molecule has 1 aliphatic heterocycles. The summed E-state index contributed by atoms with van der Waals surface area (Å²) >= 11 is 0. The Hall–Kier alpha value is -5.37. The third-order valence-electron chi connectivity index (χ3n) is 8.80. The molecule has 4 N–H and O–H groups in total. The first-order valence-electron chi connectivity index (χ1n) is 16.4. The van der Waals surface area contributed by atoms with Gasteiger partial charge in [-0.1, -0.05) is 48.5 Å². The van der Waals surface area contributed by atoms with Gasteiger partial charge in [-0.25, -0.2) is 18.0 Å². The van der Waals surface area contributed by atoms with E-state index in [1.165, 1.54) is 59.6 Å². The Balaban J connectivity index is 1.03. The SMILES string of the molecule is CN(Cc1cc2ccccc2cn1)C(=O)O[C@H]1CO[C@H](CCc2c(F)cncc2NC(=O)[C@@H](N)C(c2ccc(F)cc2)c2ccc(F)cc2)CN1. The summed E-state index contributed by atoms with van der Waals surface area (Å²) in [5.41, 5.74) is 8.64. The molecule has 1 fully saturated rings. The molecule has 0 bridgehead atoms. The lowest BCUT2D eigenvalue weighted by molar-refractivity contribution is -0.117. The molecule has 3 heterocycles. The number of carbonyl (C=O) groups is 2. The maximum atomic E-state index is 15.1. The van der Waals surface area contributed by atoms with Crippen LogP contribution in [-0.2, 0) is 27.2 Å². The van der Waals surface area contributed by atoms with Crippen LogP contribution in [0.5, 0.6) is 0 Å². The number of anilines is 1. The molecule has 0 aliphatic carbocycles. The lowest BCUT2D eigenvalue weighted by Gasteiger charge is -2.31. The summed E-state index contributed by atoms with van der Waals surface area (Å²) in [6.07, 6.45) is 3.19. The second-order valence-electron chi connectivity index (χ2n) is 12.4. The number of halogens is 3. The maximum Gasteiger partial charge on any atom is 0.411 e. The fourth-order valence-corrected chi connectivity index (χ4v) is 6.04. The molecule has 3 atom stereocenters. The summed E-state index contributed by atoms with van der Waals surface area (Å²) in [5, 5.41) is 7.90. The summed E-state index contributed by atoms with van der Waals surface area (Å²) < 4.78 is 54.0. The number of rotatable bonds is 11. The van der Waals surface area contributed by atoms with Gasteiger partial charge in [0.15, 0.2) is 6.23 Å². The Morgan fingerprint density at radius 1 is 0.980 bits per heavy atom. The number of aromatic nitrogens is 2. The Labute approximate surface area is 292 Å². The zero-order valence-corrected chi connectivity index (χ0v) is 27.8. The minimum absolute atomic E-state index is 0.0872. The summed E-state index contributed by atoms with van der Waals surface area (Å²) in [6, 6.07) is 19.6. The number of ether oxygens (including phenoxy) is 2. The van der Waals surface area contributed by atoms with E-state index < -0.39 is 47.6 Å². The second kappa shape index (κ2) is 16.1. The van der Waals surface area contributed by atoms with Gasteiger partial charge in [0.2, 0.25) is 5.91 Å². The summed E-state index contributed by atoms with van der Waals surface area (Å²) in [4.78, 5) is 36.1. The Morgan fingerprint density at radius 3 is 2.29 bits per heavy atom. The van der Waals surface area contributed by atoms with Gasteiger partial charge >= 0.3 is 6.09 Å². The number of amides is 2. The van der Waals surface area contributed by atoms with E-state index in [1.54, 1.807) is 13.2 Å². The smallest absolute Gasteiger partial charge is 0.411 e. The first kappa shape index (κ1) is 35.5. The van der Waals surface area contributed by atoms with Crippen LogP contribution in [0.4, 0.5) is 23.7 Å². The van der Waals surface area contributed by atoms with Gasteiger partial charge in [0.05, 0.1) is 49.1 Å². The molecule has 51 heavy (non-hydrogen) atoms. The molecule has 0 spiro atoms. The van der Waals surface area contributed by atoms with Crippen molar-refractivity contribution in [3.8, 4) is 0 Å². The molecule has 3 aromatic carbocycles. The van der Waals surface area contributed by atoms with E-state index >= 15 is 4.39 Å². The Morgan fingerprint density at radius 2 is 1.65 bits per heavy atom. The number of nitrogens with zero attached hydrogens (tertiary/aromatic N) is 3. The van der Waals surface area contributed by atoms with Crippen LogP contribution in [0.2, 0.25) is 0 Å². The fourth-order valence-electron chi connectivity index (χ4n) is 6.04. The molecule has 13 heteroatoms. The molecule has 10 nitrogen and oxygen atoms in total. The van der Waals surface area contributed by atoms with E-state index in [2.05, 4.69) is 20.6 Å². The number of benzene rings is 3. The van der Waals surface area contributed by atoms with Crippen molar-refractivity contribution in [2.75, 3.05) is 25.5 Å². The molecular weight excluding hydrogens is 661 g/mol. The summed E-state index contributed by atoms with van der Waals surface area (Å²) in [6.45, 7) is 0.689. The molecule has 5 aromatic rings. The number of carbonyl (C=O) groups excluding carboxylic acids is 2. The maximum absolute atomic E-state index is 15.1. The summed E-state index contributed by atoms with van der Waals surface area (Å²) in [5.74, 6) is -2.93. The first-order chi connectivity index (χ1) is 24.6. The van der Waals surface area contributed by atoms with Crippen molar-refractivity contribution in [2.24, 2.45) is 5.73 Å². The highest BCUT2D eigenvalue weighted by molar-refractivity contribution is 5.96. The highest BCUT2D eigenvalue weighted by atomic mass is 19.1. The number of morpholine rings is 1. The zero-order valence-electron chi connectivity index (χ0n) is 27.8. The highest BCUT2D eigenvalue weighted by Gasteiger charge is 2.30. The van der Waals surface area contributed by atoms with Crippen molar-refractivity contribution < 1.29 is 32.2 Å². The van der Waals surface area contributed by atoms with Gasteiger partial charge in [0.25, 0.3) is 0 Å². The van der Waals surface area contributed by atoms with E-state index in [1.807, 2.05) is 30.3 Å². The molecule has 0 radical (unpaired) electrons. The number of hydrogen-bond acceptors (Lipinski definition) is 8. The quantitative estimate of drug-likeness (QED) is 0.161. The van der Waals surface area contributed by atoms with Gasteiger partial charge in [-0.05, 0) is 59.7 Å². The lowest BCUT2D eigenvalue weighted by atomic mass is 9.85. The van der Waals surface area contributed by atoms with Crippen LogP contribution in [0.25, 0.3) is 10.8 Å². The standard InChI is InChI=1S/C38H37F3N6O4/c1-47(21-29-16-25-4-2-3-5-26(25)17-44-29)38(49)51-34-22-50-30(18-45-34)14-15-31-32(41)19-43-20-33(31)46-37(48)36(42)35(23-6-10-27(39)11-7-23)24-8-12-28(40)13-9-24/h2-13,16-17,19-20,30,34-36,45H,14-15,18,21-22,42H2,1H3,(H,46,48)/t30-,34+,36+/m1/s1. The average molecular weight is 699 g/mol. The molecule has 0 unspecified atom stereocenters. The van der Waals surface area contributed by atoms with Gasteiger partial charge in [-0.15, -0.1) is 0 Å². The first-order valence-corrected chi connectivity index (χ1v) is 16.4. The van der Waals surface area contributed by atoms with Gasteiger partial charge in [-0.3, -0.25) is 20.1 Å². The Kier molecular flexibility index (Phi) is 11.2. The number of fused-ring (bicyclic) bond motifs is 1. The van der Waals surface area contributed by atoms with Gasteiger partial charge < -0.3 is 25.4 Å². The minimum Gasteiger partial charge on any atom is -0.428 e. The van der Waals surface area contributed by atoms with Gasteiger partial charge in [-0.2, -0.15) is 0 Å². The molecule has 6 rings (SSSR count). The van der Waals surface area contributed by atoms with Crippen LogP contribution in [0.1, 0.15) is 34.7 Å². The predicted molar refractivity (Wildman–Crippen MR) is 185 cm³/mol. The van der Waals surface area contributed by atoms with E-state index in [0.717, 1.165) is 22.7 Å². The summed E-state index contributed by atoms with van der Waals surface area (Å²) in [7, 11) is 1.63. The van der Waals surface area contributed by atoms with Gasteiger partial charge in [0.1, 0.15) is 17.5 Å². The molecule has 0 saturated carbocycles. The number of nitrogens with one attached hydrogen (secondary N) is 2. The van der Waals surface area contributed by atoms with Crippen LogP contribution < -0.4 is 16.4 Å². The fraction of sp³-hybridized carbons (Fsp3) is 0.263. The van der Waals surface area contributed by atoms with Crippen LogP contribution in [0.3, 0.4) is 0 Å². The van der Waals surface area contributed by atoms with Crippen LogP contribution in [0, 0.1) is 17.5 Å². The van der Waals surface area contributed by atoms with E-state index in [4.69, 9.17) is 15.2 Å². The van der Waals surface area contributed by atoms with Crippen LogP contribution in [-0.4, -0.2) is 65.4 Å². The third-order valence-corrected chi connectivity index (χ3v) is 8.80. The average Bonchev–Trinajstić information content (AvgIpc) is 3.13. The van der Waals surface area contributed by atoms with Crippen molar-refractivity contribution in [2.45, 2.75) is 43.7 Å². The van der Waals surface area contributed by atoms with Crippen LogP contribution in [0.15, 0.2) is 97.5 Å². The van der Waals surface area contributed by atoms with E-state index in [0.29, 0.717) is 24.1 Å². The number of pyridine rings is 2. The van der Waals surface area contributed by atoms with Crippen molar-refractivity contribution >= 4 is 28.5 Å². The normalized spacial score (nSPS) is 16.5. The Bertz CT molecular complexity index is 1930. The molecule has 264 valence electrons. The molecule has 2 amide bonds. The predicted octanol–water partition coefficient (Wildman–Crippen LogP) is 5.66. The monoisotopic (exact) mass is 698 g/mol. The largest absolute Gasteiger partial charge is 0.428 e. The third kappa shape index (κ3) is 8.87. The lowest BCUT2D eigenvalue weighted by Crippen LogP contribution is -2.49. The molecular formula is C38H37F3N6O4.